The summed E-state index contributed by atoms with van der Waals surface area (Å²) < 4.78 is 13.4. The zero-order valence-corrected chi connectivity index (χ0v) is 21.1. The second-order valence-electron chi connectivity index (χ2n) is 9.25. The minimum absolute atomic E-state index is 0.452. The second kappa shape index (κ2) is 9.17. The number of aryl methyl sites for hydroxylation is 1. The summed E-state index contributed by atoms with van der Waals surface area (Å²) in [4.78, 5) is 22.2. The van der Waals surface area contributed by atoms with E-state index in [1.54, 1.807) is 30.3 Å². The monoisotopic (exact) mass is 497 g/mol. The van der Waals surface area contributed by atoms with Crippen molar-refractivity contribution in [3.05, 3.63) is 60.9 Å². The number of benzene rings is 2. The Bertz CT molecular complexity index is 1590. The Morgan fingerprint density at radius 3 is 2.59 bits per heavy atom. The van der Waals surface area contributed by atoms with E-state index in [2.05, 4.69) is 54.2 Å². The lowest BCUT2D eigenvalue weighted by Gasteiger charge is -2.45. The first-order valence-electron chi connectivity index (χ1n) is 11.9. The number of hydrogen-bond acceptors (Lipinski definition) is 10. The fourth-order valence-corrected chi connectivity index (χ4v) is 4.51. The number of rotatable bonds is 7. The van der Waals surface area contributed by atoms with Crippen molar-refractivity contribution >= 4 is 33.7 Å². The van der Waals surface area contributed by atoms with Crippen molar-refractivity contribution < 1.29 is 9.47 Å². The Morgan fingerprint density at radius 1 is 0.973 bits per heavy atom. The van der Waals surface area contributed by atoms with Gasteiger partial charge in [-0.2, -0.15) is 5.10 Å². The summed E-state index contributed by atoms with van der Waals surface area (Å²) in [5.74, 6) is 2.68. The molecule has 1 aliphatic rings. The second-order valence-corrected chi connectivity index (χ2v) is 9.25. The van der Waals surface area contributed by atoms with E-state index in [1.807, 2.05) is 37.3 Å². The molecule has 5 aromatic rings. The van der Waals surface area contributed by atoms with E-state index in [0.29, 0.717) is 23.3 Å². The van der Waals surface area contributed by atoms with Crippen LogP contribution in [-0.4, -0.2) is 74.8 Å². The molecule has 6 rings (SSSR count). The molecule has 2 aromatic carbocycles. The van der Waals surface area contributed by atoms with Crippen LogP contribution in [0.4, 0.5) is 17.2 Å². The Labute approximate surface area is 213 Å². The quantitative estimate of drug-likeness (QED) is 0.358. The molecule has 188 valence electrons. The van der Waals surface area contributed by atoms with Crippen LogP contribution in [-0.2, 0) is 0 Å². The van der Waals surface area contributed by atoms with Gasteiger partial charge in [-0.15, -0.1) is 0 Å². The van der Waals surface area contributed by atoms with Crippen molar-refractivity contribution in [2.45, 2.75) is 13.0 Å². The van der Waals surface area contributed by atoms with Crippen molar-refractivity contribution in [2.24, 2.45) is 0 Å². The predicted octanol–water partition coefficient (Wildman–Crippen LogP) is 3.67. The van der Waals surface area contributed by atoms with Crippen LogP contribution in [0.25, 0.3) is 16.6 Å². The van der Waals surface area contributed by atoms with Crippen molar-refractivity contribution in [2.75, 3.05) is 44.5 Å². The molecule has 11 heteroatoms. The molecule has 11 nitrogen and oxygen atoms in total. The van der Waals surface area contributed by atoms with Gasteiger partial charge in [0, 0.05) is 30.9 Å². The van der Waals surface area contributed by atoms with Crippen molar-refractivity contribution in [1.29, 1.82) is 0 Å². The number of ether oxygens (including phenoxy) is 2. The van der Waals surface area contributed by atoms with Crippen molar-refractivity contribution in [3.8, 4) is 17.4 Å². The third-order valence-electron chi connectivity index (χ3n) is 6.67. The van der Waals surface area contributed by atoms with Gasteiger partial charge in [-0.3, -0.25) is 0 Å². The van der Waals surface area contributed by atoms with E-state index in [9.17, 15) is 0 Å². The molecule has 0 bridgehead atoms. The lowest BCUT2D eigenvalue weighted by Crippen LogP contribution is -2.57. The van der Waals surface area contributed by atoms with Crippen LogP contribution < -0.4 is 19.7 Å². The number of aromatic nitrogens is 6. The van der Waals surface area contributed by atoms with Gasteiger partial charge in [0.15, 0.2) is 5.65 Å². The predicted molar refractivity (Wildman–Crippen MR) is 141 cm³/mol. The maximum atomic E-state index is 6.02. The number of nitrogens with zero attached hydrogens (tertiary/aromatic N) is 8. The first-order valence-corrected chi connectivity index (χ1v) is 11.9. The minimum Gasteiger partial charge on any atom is -0.495 e. The first kappa shape index (κ1) is 22.9. The molecular weight excluding hydrogens is 470 g/mol. The molecule has 0 atom stereocenters. The topological polar surface area (TPSA) is 106 Å². The number of nitrogens with one attached hydrogen (secondary N) is 1. The molecule has 0 radical (unpaired) electrons. The summed E-state index contributed by atoms with van der Waals surface area (Å²) in [5.41, 5.74) is 4.36. The van der Waals surface area contributed by atoms with Gasteiger partial charge in [0.1, 0.15) is 36.3 Å². The average molecular weight is 498 g/mol. The van der Waals surface area contributed by atoms with Crippen LogP contribution in [0.3, 0.4) is 0 Å². The van der Waals surface area contributed by atoms with E-state index >= 15 is 0 Å². The Morgan fingerprint density at radius 2 is 1.81 bits per heavy atom. The number of likely N-dealkylation sites (N-methyl/N-ethyl adjacent to an activating group) is 1. The minimum atomic E-state index is 0.452. The van der Waals surface area contributed by atoms with Gasteiger partial charge in [-0.25, -0.2) is 24.5 Å². The number of methoxy groups -OCH3 is 1. The summed E-state index contributed by atoms with van der Waals surface area (Å²) in [6.45, 7) is 3.82. The van der Waals surface area contributed by atoms with Crippen LogP contribution in [0.1, 0.15) is 5.56 Å². The van der Waals surface area contributed by atoms with Crippen LogP contribution in [0.15, 0.2) is 55.4 Å². The molecular formula is C26H27N9O2. The Kier molecular flexibility index (Phi) is 5.68. The highest BCUT2D eigenvalue weighted by molar-refractivity contribution is 6.03. The lowest BCUT2D eigenvalue weighted by atomic mass is 10.0. The molecule has 4 heterocycles. The molecule has 0 amide bonds. The summed E-state index contributed by atoms with van der Waals surface area (Å²) in [7, 11) is 5.91. The van der Waals surface area contributed by atoms with Crippen molar-refractivity contribution in [3.63, 3.8) is 0 Å². The summed E-state index contributed by atoms with van der Waals surface area (Å²) in [6, 6.07) is 12.1. The highest BCUT2D eigenvalue weighted by atomic mass is 16.5. The molecule has 3 aromatic heterocycles. The van der Waals surface area contributed by atoms with Gasteiger partial charge >= 0.3 is 0 Å². The SMILES string of the molecule is COc1ccc2ncnc(Nc3ccc(Oc4cc5ncnn5cn4)c(C)c3)c2c1N1CC(N(C)C)C1. The van der Waals surface area contributed by atoms with E-state index < -0.39 is 0 Å². The fourth-order valence-electron chi connectivity index (χ4n) is 4.51. The smallest absolute Gasteiger partial charge is 0.224 e. The molecule has 1 saturated heterocycles. The van der Waals surface area contributed by atoms with Crippen molar-refractivity contribution in [1.82, 2.24) is 34.4 Å². The highest BCUT2D eigenvalue weighted by Crippen LogP contribution is 2.42. The van der Waals surface area contributed by atoms with Crippen LogP contribution in [0.2, 0.25) is 0 Å². The van der Waals surface area contributed by atoms with E-state index in [4.69, 9.17) is 9.47 Å². The maximum absolute atomic E-state index is 6.02. The number of anilines is 3. The van der Waals surface area contributed by atoms with Gasteiger partial charge in [-0.1, -0.05) is 0 Å². The van der Waals surface area contributed by atoms with E-state index in [-0.39, 0.29) is 0 Å². The third kappa shape index (κ3) is 4.23. The van der Waals surface area contributed by atoms with Crippen LogP contribution >= 0.6 is 0 Å². The number of hydrogen-bond donors (Lipinski definition) is 1. The highest BCUT2D eigenvalue weighted by Gasteiger charge is 2.32. The molecule has 0 spiro atoms. The normalized spacial score (nSPS) is 13.8. The van der Waals surface area contributed by atoms with Gasteiger partial charge in [0.05, 0.1) is 23.7 Å². The van der Waals surface area contributed by atoms with E-state index in [1.165, 1.54) is 6.33 Å². The van der Waals surface area contributed by atoms with E-state index in [0.717, 1.165) is 52.5 Å². The van der Waals surface area contributed by atoms with Gasteiger partial charge in [0.2, 0.25) is 5.88 Å². The number of fused-ring (bicyclic) bond motifs is 2. The first-order chi connectivity index (χ1) is 18.0. The molecule has 0 unspecified atom stereocenters. The standard InChI is InChI=1S/C26H27N9O2/c1-16-9-17(5-7-20(16)37-23-10-22-28-14-31-35(22)15-30-23)32-26-24-19(27-13-29-26)6-8-21(36-4)25(24)34-11-18(12-34)33(2)3/h5-10,13-15,18H,11-12H2,1-4H3,(H,27,29,32). The summed E-state index contributed by atoms with van der Waals surface area (Å²) in [5, 5.41) is 8.49. The maximum Gasteiger partial charge on any atom is 0.224 e. The molecule has 0 aliphatic carbocycles. The zero-order valence-electron chi connectivity index (χ0n) is 21.1. The molecule has 1 fully saturated rings. The molecule has 37 heavy (non-hydrogen) atoms. The zero-order chi connectivity index (χ0) is 25.5. The third-order valence-corrected chi connectivity index (χ3v) is 6.67. The molecule has 1 N–H and O–H groups in total. The Hall–Kier alpha value is -4.51. The van der Waals surface area contributed by atoms with Crippen LogP contribution in [0, 0.1) is 6.92 Å². The van der Waals surface area contributed by atoms with Gasteiger partial charge < -0.3 is 24.6 Å². The Balaban J connectivity index is 1.30. The van der Waals surface area contributed by atoms with Gasteiger partial charge in [0.25, 0.3) is 0 Å². The van der Waals surface area contributed by atoms with Crippen LogP contribution in [0.5, 0.6) is 17.4 Å². The molecule has 0 saturated carbocycles. The summed E-state index contributed by atoms with van der Waals surface area (Å²) in [6.07, 6.45) is 4.64. The largest absolute Gasteiger partial charge is 0.495 e. The summed E-state index contributed by atoms with van der Waals surface area (Å²) >= 11 is 0. The molecule has 1 aliphatic heterocycles. The fraction of sp³-hybridized carbons (Fsp3) is 0.269. The average Bonchev–Trinajstić information content (AvgIpc) is 3.33. The van der Waals surface area contributed by atoms with Gasteiger partial charge in [-0.05, 0) is 56.9 Å². The lowest BCUT2D eigenvalue weighted by molar-refractivity contribution is 0.246.